The third kappa shape index (κ3) is 4.04. The van der Waals surface area contributed by atoms with Crippen LogP contribution in [-0.2, 0) is 16.8 Å². The Morgan fingerprint density at radius 1 is 1.18 bits per heavy atom. The van der Waals surface area contributed by atoms with Crippen molar-refractivity contribution in [3.8, 4) is 0 Å². The quantitative estimate of drug-likeness (QED) is 0.645. The first-order valence-electron chi connectivity index (χ1n) is 9.49. The van der Waals surface area contributed by atoms with E-state index in [1.54, 1.807) is 12.1 Å². The van der Waals surface area contributed by atoms with E-state index in [9.17, 15) is 4.79 Å². The van der Waals surface area contributed by atoms with Crippen molar-refractivity contribution in [2.45, 2.75) is 59.9 Å². The van der Waals surface area contributed by atoms with Gasteiger partial charge in [0.2, 0.25) is 5.91 Å². The molecule has 3 aromatic rings. The number of pyridine rings is 1. The van der Waals surface area contributed by atoms with Gasteiger partial charge in [0.1, 0.15) is 0 Å². The van der Waals surface area contributed by atoms with Crippen LogP contribution in [0.3, 0.4) is 0 Å². The fraction of sp³-hybridized carbons (Fsp3) is 0.409. The lowest BCUT2D eigenvalue weighted by Crippen LogP contribution is -2.23. The van der Waals surface area contributed by atoms with Crippen LogP contribution in [0, 0.1) is 20.8 Å². The summed E-state index contributed by atoms with van der Waals surface area (Å²) in [4.78, 5) is 17.2. The highest BCUT2D eigenvalue weighted by Crippen LogP contribution is 2.29. The van der Waals surface area contributed by atoms with Gasteiger partial charge in [0.05, 0.1) is 11.2 Å². The Labute approximate surface area is 171 Å². The first-order valence-corrected chi connectivity index (χ1v) is 9.87. The molecule has 0 bridgehead atoms. The molecule has 148 valence electrons. The molecule has 5 nitrogen and oxygen atoms in total. The smallest absolute Gasteiger partial charge is 0.224 e. The third-order valence-electron chi connectivity index (χ3n) is 4.92. The molecule has 3 rings (SSSR count). The van der Waals surface area contributed by atoms with E-state index in [-0.39, 0.29) is 11.4 Å². The molecule has 1 amide bonds. The number of nitrogens with zero attached hydrogens (tertiary/aromatic N) is 3. The van der Waals surface area contributed by atoms with Gasteiger partial charge < -0.3 is 5.32 Å². The number of nitrogens with one attached hydrogen (secondary N) is 1. The van der Waals surface area contributed by atoms with E-state index in [0.29, 0.717) is 23.6 Å². The minimum atomic E-state index is -0.142. The molecule has 0 saturated heterocycles. The van der Waals surface area contributed by atoms with Crippen molar-refractivity contribution >= 4 is 34.2 Å². The summed E-state index contributed by atoms with van der Waals surface area (Å²) in [6.45, 7) is 12.5. The third-order valence-corrected chi connectivity index (χ3v) is 5.15. The first-order chi connectivity index (χ1) is 13.1. The number of aromatic nitrogens is 3. The fourth-order valence-corrected chi connectivity index (χ4v) is 3.76. The molecule has 0 unspecified atom stereocenters. The van der Waals surface area contributed by atoms with Gasteiger partial charge in [-0.15, -0.1) is 0 Å². The lowest BCUT2D eigenvalue weighted by Gasteiger charge is -2.20. The summed E-state index contributed by atoms with van der Waals surface area (Å²) in [6.07, 6.45) is 1.01. The number of rotatable bonds is 4. The van der Waals surface area contributed by atoms with Gasteiger partial charge in [0.15, 0.2) is 5.65 Å². The van der Waals surface area contributed by atoms with Crippen LogP contribution in [0.1, 0.15) is 49.7 Å². The Morgan fingerprint density at radius 2 is 1.89 bits per heavy atom. The highest BCUT2D eigenvalue weighted by atomic mass is 35.5. The molecule has 1 N–H and O–H groups in total. The zero-order chi connectivity index (χ0) is 20.6. The van der Waals surface area contributed by atoms with E-state index in [0.717, 1.165) is 33.5 Å². The molecule has 0 saturated carbocycles. The van der Waals surface area contributed by atoms with Gasteiger partial charge in [-0.25, -0.2) is 9.67 Å². The van der Waals surface area contributed by atoms with E-state index in [1.165, 1.54) is 0 Å². The number of anilines is 1. The van der Waals surface area contributed by atoms with Crippen molar-refractivity contribution in [2.24, 2.45) is 0 Å². The molecule has 0 radical (unpaired) electrons. The molecule has 6 heteroatoms. The maximum atomic E-state index is 12.4. The van der Waals surface area contributed by atoms with E-state index >= 15 is 0 Å². The molecule has 1 aromatic carbocycles. The normalized spacial score (nSPS) is 11.8. The molecule has 0 aliphatic rings. The summed E-state index contributed by atoms with van der Waals surface area (Å²) in [5.41, 5.74) is 5.67. The van der Waals surface area contributed by atoms with Crippen molar-refractivity contribution < 1.29 is 4.79 Å². The molecular formula is C22H27ClN4O. The second-order valence-corrected chi connectivity index (χ2v) is 8.66. The average molecular weight is 399 g/mol. The van der Waals surface area contributed by atoms with Crippen molar-refractivity contribution in [3.05, 3.63) is 51.8 Å². The number of hydrogen-bond acceptors (Lipinski definition) is 3. The summed E-state index contributed by atoms with van der Waals surface area (Å²) in [5, 5.41) is 9.32. The number of halogens is 1. The molecule has 0 spiro atoms. The van der Waals surface area contributed by atoms with Crippen LogP contribution in [0.5, 0.6) is 0 Å². The molecule has 0 fully saturated rings. The molecule has 2 aromatic heterocycles. The summed E-state index contributed by atoms with van der Waals surface area (Å²) in [7, 11) is 0. The zero-order valence-corrected chi connectivity index (χ0v) is 18.1. The molecule has 0 atom stereocenters. The van der Waals surface area contributed by atoms with Gasteiger partial charge in [0, 0.05) is 28.2 Å². The number of benzene rings is 1. The molecule has 0 aliphatic carbocycles. The van der Waals surface area contributed by atoms with Crippen LogP contribution in [0.15, 0.2) is 24.3 Å². The maximum Gasteiger partial charge on any atom is 0.224 e. The Kier molecular flexibility index (Phi) is 5.48. The number of amides is 1. The summed E-state index contributed by atoms with van der Waals surface area (Å²) in [6, 6.07) is 7.18. The lowest BCUT2D eigenvalue weighted by molar-refractivity contribution is -0.116. The minimum Gasteiger partial charge on any atom is -0.326 e. The Balaban J connectivity index is 1.85. The molecular weight excluding hydrogens is 372 g/mol. The van der Waals surface area contributed by atoms with Crippen molar-refractivity contribution in [1.82, 2.24) is 14.8 Å². The second kappa shape index (κ2) is 7.55. The number of fused-ring (bicyclic) bond motifs is 1. The molecule has 0 aliphatic heterocycles. The highest BCUT2D eigenvalue weighted by Gasteiger charge is 2.23. The van der Waals surface area contributed by atoms with Crippen LogP contribution in [0.4, 0.5) is 5.69 Å². The van der Waals surface area contributed by atoms with Crippen LogP contribution in [0.2, 0.25) is 5.02 Å². The number of carbonyl (C=O) groups excluding carboxylic acids is 1. The SMILES string of the molecule is Cc1nc2c(c(C)nn2C(C)(C)C)c(C)c1CCC(=O)Nc1cccc(Cl)c1. The van der Waals surface area contributed by atoms with Crippen molar-refractivity contribution in [2.75, 3.05) is 5.32 Å². The monoisotopic (exact) mass is 398 g/mol. The molecule has 28 heavy (non-hydrogen) atoms. The van der Waals surface area contributed by atoms with E-state index in [1.807, 2.05) is 30.7 Å². The van der Waals surface area contributed by atoms with Gasteiger partial charge in [-0.3, -0.25) is 4.79 Å². The predicted molar refractivity (Wildman–Crippen MR) is 115 cm³/mol. The average Bonchev–Trinajstić information content (AvgIpc) is 2.91. The summed E-state index contributed by atoms with van der Waals surface area (Å²) < 4.78 is 1.99. The second-order valence-electron chi connectivity index (χ2n) is 8.23. The zero-order valence-electron chi connectivity index (χ0n) is 17.4. The van der Waals surface area contributed by atoms with Crippen molar-refractivity contribution in [3.63, 3.8) is 0 Å². The van der Waals surface area contributed by atoms with Gasteiger partial charge >= 0.3 is 0 Å². The maximum absolute atomic E-state index is 12.4. The van der Waals surface area contributed by atoms with E-state index in [2.05, 4.69) is 33.0 Å². The van der Waals surface area contributed by atoms with E-state index in [4.69, 9.17) is 21.7 Å². The van der Waals surface area contributed by atoms with Gasteiger partial charge in [-0.1, -0.05) is 17.7 Å². The Bertz CT molecular complexity index is 1050. The predicted octanol–water partition coefficient (Wildman–Crippen LogP) is 5.34. The number of aryl methyl sites for hydroxylation is 3. The van der Waals surface area contributed by atoms with E-state index < -0.39 is 0 Å². The van der Waals surface area contributed by atoms with Crippen LogP contribution in [-0.4, -0.2) is 20.7 Å². The summed E-state index contributed by atoms with van der Waals surface area (Å²) in [5.74, 6) is -0.0386. The van der Waals surface area contributed by atoms with Crippen molar-refractivity contribution in [1.29, 1.82) is 0 Å². The minimum absolute atomic E-state index is 0.0386. The summed E-state index contributed by atoms with van der Waals surface area (Å²) >= 11 is 5.98. The standard InChI is InChI=1S/C22H27ClN4O/c1-13-18(10-11-19(28)25-17-9-7-8-16(23)12-17)14(2)24-21-20(13)15(3)26-27(21)22(4,5)6/h7-9,12H,10-11H2,1-6H3,(H,25,28). The topological polar surface area (TPSA) is 59.8 Å². The Hall–Kier alpha value is -2.40. The van der Waals surface area contributed by atoms with Gasteiger partial charge in [-0.05, 0) is 77.3 Å². The first kappa shape index (κ1) is 20.3. The van der Waals surface area contributed by atoms with Crippen LogP contribution in [0.25, 0.3) is 11.0 Å². The fourth-order valence-electron chi connectivity index (χ4n) is 3.57. The number of hydrogen-bond donors (Lipinski definition) is 1. The highest BCUT2D eigenvalue weighted by molar-refractivity contribution is 6.30. The van der Waals surface area contributed by atoms with Crippen LogP contribution < -0.4 is 5.32 Å². The number of carbonyl (C=O) groups is 1. The largest absolute Gasteiger partial charge is 0.326 e. The van der Waals surface area contributed by atoms with Crippen LogP contribution >= 0.6 is 11.6 Å². The lowest BCUT2D eigenvalue weighted by atomic mass is 9.99. The van der Waals surface area contributed by atoms with Gasteiger partial charge in [-0.2, -0.15) is 5.10 Å². The molecule has 2 heterocycles. The Morgan fingerprint density at radius 3 is 2.54 bits per heavy atom. The van der Waals surface area contributed by atoms with Gasteiger partial charge in [0.25, 0.3) is 0 Å².